The fourth-order valence-electron chi connectivity index (χ4n) is 2.91. The number of hydrogen-bond acceptors (Lipinski definition) is 8. The van der Waals surface area contributed by atoms with Crippen molar-refractivity contribution >= 4 is 29.2 Å². The van der Waals surface area contributed by atoms with Gasteiger partial charge in [0.1, 0.15) is 16.2 Å². The minimum atomic E-state index is -0.681. The molecule has 9 nitrogen and oxygen atoms in total. The predicted octanol–water partition coefficient (Wildman–Crippen LogP) is 2.84. The van der Waals surface area contributed by atoms with Crippen LogP contribution in [-0.2, 0) is 11.3 Å². The van der Waals surface area contributed by atoms with Crippen LogP contribution >= 0.6 is 11.3 Å². The first-order valence-electron chi connectivity index (χ1n) is 9.07. The van der Waals surface area contributed by atoms with Crippen LogP contribution in [0.2, 0.25) is 0 Å². The number of nitrogens with zero attached hydrogens (tertiary/aromatic N) is 3. The largest absolute Gasteiger partial charge is 0.494 e. The number of ether oxygens (including phenoxy) is 1. The molecule has 0 atom stereocenters. The van der Waals surface area contributed by atoms with Gasteiger partial charge in [-0.25, -0.2) is 9.59 Å². The summed E-state index contributed by atoms with van der Waals surface area (Å²) in [6.45, 7) is 5.09. The fraction of sp³-hybridized carbons (Fsp3) is 0.300. The molecule has 0 radical (unpaired) electrons. The number of aliphatic imine (C=N–C) groups is 1. The summed E-state index contributed by atoms with van der Waals surface area (Å²) in [5, 5.41) is 12.4. The monoisotopic (exact) mass is 431 g/mol. The number of hydrogen-bond donors (Lipinski definition) is 1. The third kappa shape index (κ3) is 3.86. The van der Waals surface area contributed by atoms with Crippen LogP contribution in [0.1, 0.15) is 46.4 Å². The SMILES string of the molecule is COC(=O)c1scc(C)c1N=Cc1c(O)n(Cc2ccco2)c(=O)n(C(C)C)c1=O. The molecule has 0 spiro atoms. The number of carbonyl (C=O) groups excluding carboxylic acids is 1. The molecule has 0 aliphatic rings. The Morgan fingerprint density at radius 2 is 2.13 bits per heavy atom. The molecule has 0 aliphatic carbocycles. The maximum Gasteiger partial charge on any atom is 0.350 e. The van der Waals surface area contributed by atoms with Crippen LogP contribution in [0, 0.1) is 6.92 Å². The van der Waals surface area contributed by atoms with Crippen LogP contribution < -0.4 is 11.2 Å². The van der Waals surface area contributed by atoms with Gasteiger partial charge in [-0.2, -0.15) is 0 Å². The van der Waals surface area contributed by atoms with E-state index in [1.54, 1.807) is 38.3 Å². The van der Waals surface area contributed by atoms with Gasteiger partial charge in [-0.1, -0.05) is 0 Å². The van der Waals surface area contributed by atoms with Crippen LogP contribution in [0.15, 0.2) is 42.8 Å². The van der Waals surface area contributed by atoms with Crippen molar-refractivity contribution < 1.29 is 19.1 Å². The van der Waals surface area contributed by atoms with E-state index in [-0.39, 0.29) is 17.0 Å². The number of rotatable bonds is 6. The Bertz CT molecular complexity index is 1210. The van der Waals surface area contributed by atoms with E-state index in [1.807, 2.05) is 0 Å². The number of aromatic hydroxyl groups is 1. The van der Waals surface area contributed by atoms with E-state index in [9.17, 15) is 19.5 Å². The normalized spacial score (nSPS) is 11.5. The van der Waals surface area contributed by atoms with Gasteiger partial charge in [-0.15, -0.1) is 11.3 Å². The van der Waals surface area contributed by atoms with E-state index in [2.05, 4.69) is 4.99 Å². The average molecular weight is 431 g/mol. The molecule has 0 saturated heterocycles. The molecule has 3 aromatic rings. The minimum absolute atomic E-state index is 0.0591. The highest BCUT2D eigenvalue weighted by Gasteiger charge is 2.21. The van der Waals surface area contributed by atoms with Crippen LogP contribution in [0.5, 0.6) is 5.88 Å². The summed E-state index contributed by atoms with van der Waals surface area (Å²) < 4.78 is 12.1. The Morgan fingerprint density at radius 1 is 1.40 bits per heavy atom. The van der Waals surface area contributed by atoms with Gasteiger partial charge in [0.2, 0.25) is 5.88 Å². The standard InChI is InChI=1S/C20H21N3O6S/c1-11(2)23-18(25)14(8-21-15-12(3)10-30-16(15)19(26)28-4)17(24)22(20(23)27)9-13-6-5-7-29-13/h5-8,10-11,24H,9H2,1-4H3. The average Bonchev–Trinajstić information content (AvgIpc) is 3.34. The quantitative estimate of drug-likeness (QED) is 0.474. The van der Waals surface area contributed by atoms with Gasteiger partial charge in [0.05, 0.1) is 25.6 Å². The zero-order valence-electron chi connectivity index (χ0n) is 16.9. The molecule has 3 rings (SSSR count). The lowest BCUT2D eigenvalue weighted by Crippen LogP contribution is -2.42. The van der Waals surface area contributed by atoms with Crippen molar-refractivity contribution in [3.05, 3.63) is 66.4 Å². The van der Waals surface area contributed by atoms with Crippen molar-refractivity contribution in [2.75, 3.05) is 7.11 Å². The van der Waals surface area contributed by atoms with E-state index in [1.165, 1.54) is 24.7 Å². The van der Waals surface area contributed by atoms with Crippen molar-refractivity contribution in [3.8, 4) is 5.88 Å². The van der Waals surface area contributed by atoms with Crippen LogP contribution in [-0.4, -0.2) is 33.5 Å². The van der Waals surface area contributed by atoms with Gasteiger partial charge in [-0.05, 0) is 43.8 Å². The van der Waals surface area contributed by atoms with Crippen LogP contribution in [0.4, 0.5) is 5.69 Å². The number of thiophene rings is 1. The highest BCUT2D eigenvalue weighted by Crippen LogP contribution is 2.31. The molecule has 3 aromatic heterocycles. The topological polar surface area (TPSA) is 116 Å². The molecule has 1 N–H and O–H groups in total. The van der Waals surface area contributed by atoms with E-state index >= 15 is 0 Å². The van der Waals surface area contributed by atoms with Crippen LogP contribution in [0.25, 0.3) is 0 Å². The predicted molar refractivity (Wildman–Crippen MR) is 112 cm³/mol. The Kier molecular flexibility index (Phi) is 6.06. The fourth-order valence-corrected chi connectivity index (χ4v) is 3.82. The number of furan rings is 1. The highest BCUT2D eigenvalue weighted by atomic mass is 32.1. The highest BCUT2D eigenvalue weighted by molar-refractivity contribution is 7.12. The summed E-state index contributed by atoms with van der Waals surface area (Å²) >= 11 is 1.17. The molecule has 0 fully saturated rings. The number of carbonyl (C=O) groups is 1. The first-order valence-corrected chi connectivity index (χ1v) is 9.95. The molecule has 30 heavy (non-hydrogen) atoms. The first-order chi connectivity index (χ1) is 14.3. The first kappa shape index (κ1) is 21.3. The minimum Gasteiger partial charge on any atom is -0.494 e. The van der Waals surface area contributed by atoms with Gasteiger partial charge in [0.15, 0.2) is 0 Å². The van der Waals surface area contributed by atoms with E-state index in [4.69, 9.17) is 9.15 Å². The Hall–Kier alpha value is -3.40. The lowest BCUT2D eigenvalue weighted by Gasteiger charge is -2.15. The van der Waals surface area contributed by atoms with E-state index in [0.717, 1.165) is 15.3 Å². The van der Waals surface area contributed by atoms with Crippen molar-refractivity contribution in [2.24, 2.45) is 4.99 Å². The second-order valence-electron chi connectivity index (χ2n) is 6.80. The third-order valence-corrected chi connectivity index (χ3v) is 5.50. The zero-order chi connectivity index (χ0) is 22.0. The van der Waals surface area contributed by atoms with Crippen LogP contribution in [0.3, 0.4) is 0 Å². The molecule has 10 heteroatoms. The van der Waals surface area contributed by atoms with Gasteiger partial charge in [-0.3, -0.25) is 18.9 Å². The lowest BCUT2D eigenvalue weighted by atomic mass is 10.2. The molecule has 0 bridgehead atoms. The van der Waals surface area contributed by atoms with Crippen molar-refractivity contribution in [2.45, 2.75) is 33.4 Å². The number of methoxy groups -OCH3 is 1. The molecule has 0 unspecified atom stereocenters. The van der Waals surface area contributed by atoms with Gasteiger partial charge < -0.3 is 14.3 Å². The second-order valence-corrected chi connectivity index (χ2v) is 7.68. The second kappa shape index (κ2) is 8.54. The van der Waals surface area contributed by atoms with Crippen molar-refractivity contribution in [1.29, 1.82) is 0 Å². The molecular weight excluding hydrogens is 410 g/mol. The summed E-state index contributed by atoms with van der Waals surface area (Å²) in [5.41, 5.74) is -0.464. The summed E-state index contributed by atoms with van der Waals surface area (Å²) in [7, 11) is 1.27. The van der Waals surface area contributed by atoms with E-state index < -0.39 is 29.1 Å². The van der Waals surface area contributed by atoms with Gasteiger partial charge in [0.25, 0.3) is 5.56 Å². The molecule has 158 valence electrons. The Labute approximate surface area is 175 Å². The lowest BCUT2D eigenvalue weighted by molar-refractivity contribution is 0.0607. The number of aromatic nitrogens is 2. The van der Waals surface area contributed by atoms with Gasteiger partial charge >= 0.3 is 11.7 Å². The number of aryl methyl sites for hydroxylation is 1. The van der Waals surface area contributed by atoms with Crippen molar-refractivity contribution in [3.63, 3.8) is 0 Å². The summed E-state index contributed by atoms with van der Waals surface area (Å²) in [6.07, 6.45) is 2.61. The smallest absolute Gasteiger partial charge is 0.350 e. The van der Waals surface area contributed by atoms with E-state index in [0.29, 0.717) is 17.0 Å². The summed E-state index contributed by atoms with van der Waals surface area (Å²) in [6, 6.07) is 2.86. The van der Waals surface area contributed by atoms with Crippen molar-refractivity contribution in [1.82, 2.24) is 9.13 Å². The molecule has 0 saturated carbocycles. The molecule has 0 aromatic carbocycles. The summed E-state index contributed by atoms with van der Waals surface area (Å²) in [5.74, 6) is -0.646. The molecular formula is C20H21N3O6S. The Morgan fingerprint density at radius 3 is 2.73 bits per heavy atom. The molecule has 0 aliphatic heterocycles. The molecule has 3 heterocycles. The molecule has 0 amide bonds. The maximum absolute atomic E-state index is 12.9. The zero-order valence-corrected chi connectivity index (χ0v) is 17.7. The maximum atomic E-state index is 12.9. The summed E-state index contributed by atoms with van der Waals surface area (Å²) in [4.78, 5) is 42.2. The Balaban J connectivity index is 2.18. The number of esters is 1. The third-order valence-electron chi connectivity index (χ3n) is 4.43. The van der Waals surface area contributed by atoms with Gasteiger partial charge in [0, 0.05) is 12.3 Å².